The van der Waals surface area contributed by atoms with E-state index in [9.17, 15) is 24.3 Å². The number of rotatable bonds is 17. The third-order valence-corrected chi connectivity index (χ3v) is 15.0. The maximum Gasteiger partial charge on any atom is 0.258 e. The van der Waals surface area contributed by atoms with Crippen LogP contribution in [0.1, 0.15) is 90.5 Å². The van der Waals surface area contributed by atoms with Crippen LogP contribution in [-0.4, -0.2) is 104 Å². The number of thiazole rings is 1. The Morgan fingerprint density at radius 2 is 1.61 bits per heavy atom. The van der Waals surface area contributed by atoms with Gasteiger partial charge in [-0.1, -0.05) is 80.9 Å². The number of halogens is 1. The van der Waals surface area contributed by atoms with Gasteiger partial charge in [0.05, 0.1) is 40.9 Å². The van der Waals surface area contributed by atoms with E-state index in [0.29, 0.717) is 41.1 Å². The SMILES string of the molecule is Cc1ncsc1-c1ccc(CNC(=O)C2C[C@@H](O)CN2C(=O)C(NC(=O)COc2ccccc2OCCCNC(=O)C[C@@H]2N=C(c3ccc(Cl)cc3)c3c(sc(C)c3C)-n3c(C)nnc32)C(C)(C)C)cc1. The number of hydrogen-bond acceptors (Lipinski definition) is 13. The minimum Gasteiger partial charge on any atom is -0.490 e. The summed E-state index contributed by atoms with van der Waals surface area (Å²) < 4.78 is 14.0. The van der Waals surface area contributed by atoms with Gasteiger partial charge in [-0.3, -0.25) is 28.7 Å². The number of β-amino-alcohol motifs (C(OH)–C–C–N with tert-alkyl or cyclic N) is 1. The molecule has 0 spiro atoms. The molecule has 2 aliphatic heterocycles. The molecule has 1 saturated heterocycles. The highest BCUT2D eigenvalue weighted by molar-refractivity contribution is 7.15. The van der Waals surface area contributed by atoms with Gasteiger partial charge in [0, 0.05) is 47.1 Å². The van der Waals surface area contributed by atoms with Crippen LogP contribution in [0.4, 0.5) is 0 Å². The molecular weight excluding hydrogens is 962 g/mol. The van der Waals surface area contributed by atoms with Crippen molar-refractivity contribution >= 4 is 63.6 Å². The molecule has 4 amide bonds. The zero-order chi connectivity index (χ0) is 50.6. The molecule has 3 aromatic carbocycles. The minimum atomic E-state index is -1.03. The summed E-state index contributed by atoms with van der Waals surface area (Å²) in [5.41, 5.74) is 7.67. The summed E-state index contributed by atoms with van der Waals surface area (Å²) >= 11 is 9.47. The van der Waals surface area contributed by atoms with Crippen LogP contribution in [-0.2, 0) is 25.7 Å². The number of ether oxygens (including phenoxy) is 2. The number of carbonyl (C=O) groups excluding carboxylic acids is 4. The Morgan fingerprint density at radius 3 is 2.30 bits per heavy atom. The molecular formula is C52H58ClN9O7S2. The Balaban J connectivity index is 0.829. The normalized spacial score (nSPS) is 16.8. The number of benzene rings is 3. The van der Waals surface area contributed by atoms with Gasteiger partial charge < -0.3 is 35.4 Å². The lowest BCUT2D eigenvalue weighted by Gasteiger charge is -2.35. The summed E-state index contributed by atoms with van der Waals surface area (Å²) in [7, 11) is 0. The average Bonchev–Trinajstić information content (AvgIpc) is 4.11. The van der Waals surface area contributed by atoms with Crippen molar-refractivity contribution in [3.05, 3.63) is 128 Å². The number of thiophene rings is 1. The molecule has 2 aliphatic rings. The first-order chi connectivity index (χ1) is 34.0. The Kier molecular flexibility index (Phi) is 15.7. The molecule has 4 N–H and O–H groups in total. The summed E-state index contributed by atoms with van der Waals surface area (Å²) in [4.78, 5) is 67.9. The summed E-state index contributed by atoms with van der Waals surface area (Å²) in [6.45, 7) is 13.8. The first-order valence-electron chi connectivity index (χ1n) is 23.5. The van der Waals surface area contributed by atoms with Gasteiger partial charge in [0.25, 0.3) is 5.91 Å². The second kappa shape index (κ2) is 21.9. The minimum absolute atomic E-state index is 0.0459. The van der Waals surface area contributed by atoms with Gasteiger partial charge in [0.15, 0.2) is 23.9 Å². The summed E-state index contributed by atoms with van der Waals surface area (Å²) in [6, 6.07) is 19.8. The molecule has 16 nitrogen and oxygen atoms in total. The third-order valence-electron chi connectivity index (χ3n) is 12.6. The smallest absolute Gasteiger partial charge is 0.258 e. The topological polar surface area (TPSA) is 202 Å². The second-order valence-electron chi connectivity index (χ2n) is 18.8. The van der Waals surface area contributed by atoms with Crippen molar-refractivity contribution in [3.63, 3.8) is 0 Å². The van der Waals surface area contributed by atoms with E-state index in [4.69, 9.17) is 26.1 Å². The van der Waals surface area contributed by atoms with Crippen LogP contribution in [0.2, 0.25) is 5.02 Å². The number of aromatic nitrogens is 4. The van der Waals surface area contributed by atoms with Gasteiger partial charge in [-0.15, -0.1) is 32.9 Å². The molecule has 5 heterocycles. The van der Waals surface area contributed by atoms with E-state index in [-0.39, 0.29) is 38.4 Å². The molecule has 4 atom stereocenters. The fourth-order valence-corrected chi connectivity index (χ4v) is 10.8. The van der Waals surface area contributed by atoms with Crippen molar-refractivity contribution in [2.24, 2.45) is 10.4 Å². The molecule has 372 valence electrons. The molecule has 2 unspecified atom stereocenters. The zero-order valence-corrected chi connectivity index (χ0v) is 43.1. The highest BCUT2D eigenvalue weighted by atomic mass is 35.5. The number of likely N-dealkylation sites (tertiary alicyclic amines) is 1. The molecule has 1 fully saturated rings. The van der Waals surface area contributed by atoms with Gasteiger partial charge in [-0.25, -0.2) is 4.98 Å². The maximum absolute atomic E-state index is 14.2. The van der Waals surface area contributed by atoms with E-state index in [0.717, 1.165) is 54.0 Å². The van der Waals surface area contributed by atoms with E-state index in [1.807, 2.05) is 93.2 Å². The Labute approximate surface area is 425 Å². The van der Waals surface area contributed by atoms with Crippen molar-refractivity contribution in [2.75, 3.05) is 26.3 Å². The van der Waals surface area contributed by atoms with Crippen molar-refractivity contribution in [1.82, 2.24) is 40.6 Å². The molecule has 6 aromatic rings. The predicted octanol–water partition coefficient (Wildman–Crippen LogP) is 7.39. The number of carbonyl (C=O) groups is 4. The number of nitrogens with one attached hydrogen (secondary N) is 3. The predicted molar refractivity (Wildman–Crippen MR) is 275 cm³/mol. The largest absolute Gasteiger partial charge is 0.490 e. The van der Waals surface area contributed by atoms with E-state index < -0.39 is 54.0 Å². The van der Waals surface area contributed by atoms with E-state index in [1.165, 1.54) is 4.90 Å². The number of aliphatic hydroxyl groups excluding tert-OH is 1. The van der Waals surface area contributed by atoms with E-state index in [2.05, 4.69) is 45.0 Å². The quantitative estimate of drug-likeness (QED) is 0.0668. The standard InChI is InChI=1S/C52H58ClN9O7S2/c1-29-31(3)71-51-44(29)45(34-17-19-36(53)20-18-34)57-38(48-60-59-32(4)62(48)51)24-42(64)54-21-10-22-68-40-11-8-9-12-41(40)69-27-43(65)58-47(52(5,6)7)50(67)61-26-37(63)23-39(61)49(66)55-25-33-13-15-35(16-14-33)46-30(2)56-28-70-46/h8-9,11-20,28,37-39,47,63H,10,21-27H2,1-7H3,(H,54,64)(H,55,66)(H,58,65)/t37-,38+,39?,47?/m1/s1. The van der Waals surface area contributed by atoms with Crippen molar-refractivity contribution in [2.45, 2.75) is 98.5 Å². The van der Waals surface area contributed by atoms with Gasteiger partial charge in [0.1, 0.15) is 29.0 Å². The van der Waals surface area contributed by atoms with Crippen LogP contribution in [0.25, 0.3) is 15.4 Å². The van der Waals surface area contributed by atoms with Crippen LogP contribution in [0.5, 0.6) is 11.5 Å². The van der Waals surface area contributed by atoms with Crippen LogP contribution < -0.4 is 25.4 Å². The number of amides is 4. The first kappa shape index (κ1) is 50.9. The Morgan fingerprint density at radius 1 is 0.901 bits per heavy atom. The van der Waals surface area contributed by atoms with Gasteiger partial charge in [-0.2, -0.15) is 0 Å². The van der Waals surface area contributed by atoms with E-state index in [1.54, 1.807) is 46.9 Å². The lowest BCUT2D eigenvalue weighted by molar-refractivity contribution is -0.144. The molecule has 0 saturated carbocycles. The lowest BCUT2D eigenvalue weighted by Crippen LogP contribution is -2.58. The van der Waals surface area contributed by atoms with Gasteiger partial charge >= 0.3 is 0 Å². The maximum atomic E-state index is 14.2. The number of nitrogens with zero attached hydrogens (tertiary/aromatic N) is 6. The van der Waals surface area contributed by atoms with Crippen LogP contribution in [0.15, 0.2) is 83.3 Å². The van der Waals surface area contributed by atoms with Crippen molar-refractivity contribution in [3.8, 4) is 26.9 Å². The fraction of sp³-hybridized carbons (Fsp3) is 0.385. The van der Waals surface area contributed by atoms with Crippen LogP contribution in [0, 0.1) is 33.1 Å². The van der Waals surface area contributed by atoms with E-state index >= 15 is 0 Å². The van der Waals surface area contributed by atoms with Crippen molar-refractivity contribution in [1.29, 1.82) is 0 Å². The molecule has 8 rings (SSSR count). The zero-order valence-electron chi connectivity index (χ0n) is 40.7. The van der Waals surface area contributed by atoms with Gasteiger partial charge in [-0.05, 0) is 80.5 Å². The summed E-state index contributed by atoms with van der Waals surface area (Å²) in [5, 5.41) is 29.9. The number of aliphatic imine (C=N–C) groups is 1. The lowest BCUT2D eigenvalue weighted by atomic mass is 9.85. The highest BCUT2D eigenvalue weighted by Crippen LogP contribution is 2.40. The molecule has 0 radical (unpaired) electrons. The third kappa shape index (κ3) is 11.7. The molecule has 19 heteroatoms. The molecule has 0 aliphatic carbocycles. The van der Waals surface area contributed by atoms with Crippen LogP contribution >= 0.6 is 34.3 Å². The second-order valence-corrected chi connectivity index (χ2v) is 21.3. The highest BCUT2D eigenvalue weighted by Gasteiger charge is 2.44. The Bertz CT molecular complexity index is 2940. The van der Waals surface area contributed by atoms with Crippen molar-refractivity contribution < 1.29 is 33.8 Å². The van der Waals surface area contributed by atoms with Gasteiger partial charge in [0.2, 0.25) is 17.7 Å². The number of para-hydroxylation sites is 2. The summed E-state index contributed by atoms with van der Waals surface area (Å²) in [6.07, 6.45) is -0.320. The first-order valence-corrected chi connectivity index (χ1v) is 25.6. The number of aliphatic hydroxyl groups is 1. The molecule has 71 heavy (non-hydrogen) atoms. The fourth-order valence-electron chi connectivity index (χ4n) is 8.68. The monoisotopic (exact) mass is 1020 g/mol. The molecule has 3 aromatic heterocycles. The van der Waals surface area contributed by atoms with Crippen LogP contribution in [0.3, 0.4) is 0 Å². The number of fused-ring (bicyclic) bond motifs is 3. The average molecular weight is 1020 g/mol. The summed E-state index contributed by atoms with van der Waals surface area (Å²) in [5.74, 6) is 0.386. The number of aryl methyl sites for hydroxylation is 3. The number of hydrogen-bond donors (Lipinski definition) is 4. The Hall–Kier alpha value is -6.47. The molecule has 0 bridgehead atoms.